The number of aryl methyl sites for hydroxylation is 2. The van der Waals surface area contributed by atoms with Crippen LogP contribution in [0.2, 0.25) is 0 Å². The van der Waals surface area contributed by atoms with Crippen LogP contribution < -0.4 is 0 Å². The molecular formula is C18H16N2O2. The second-order valence-corrected chi connectivity index (χ2v) is 5.22. The first-order valence-electron chi connectivity index (χ1n) is 7.02. The quantitative estimate of drug-likeness (QED) is 0.676. The zero-order chi connectivity index (χ0) is 15.7. The molecule has 0 radical (unpaired) electrons. The molecule has 0 saturated carbocycles. The maximum absolute atomic E-state index is 11.6. The first-order valence-corrected chi connectivity index (χ1v) is 7.02. The van der Waals surface area contributed by atoms with E-state index in [1.165, 1.54) is 12.7 Å². The number of hydrogen-bond donors (Lipinski definition) is 0. The van der Waals surface area contributed by atoms with Crippen molar-refractivity contribution in [2.75, 3.05) is 7.11 Å². The molecule has 0 amide bonds. The largest absolute Gasteiger partial charge is 0.465 e. The third kappa shape index (κ3) is 2.55. The zero-order valence-electron chi connectivity index (χ0n) is 12.8. The summed E-state index contributed by atoms with van der Waals surface area (Å²) in [6, 6.07) is 13.4. The van der Waals surface area contributed by atoms with Gasteiger partial charge in [0.1, 0.15) is 0 Å². The molecule has 1 aromatic heterocycles. The molecule has 0 aliphatic rings. The molecule has 4 heteroatoms. The van der Waals surface area contributed by atoms with E-state index in [0.717, 1.165) is 22.5 Å². The van der Waals surface area contributed by atoms with Gasteiger partial charge < -0.3 is 4.74 Å². The Morgan fingerprint density at radius 1 is 0.955 bits per heavy atom. The van der Waals surface area contributed by atoms with Crippen molar-refractivity contribution in [3.05, 3.63) is 59.3 Å². The van der Waals surface area contributed by atoms with Gasteiger partial charge in [0.2, 0.25) is 0 Å². The summed E-state index contributed by atoms with van der Waals surface area (Å²) in [7, 11) is 1.37. The number of esters is 1. The number of rotatable bonds is 2. The fourth-order valence-corrected chi connectivity index (χ4v) is 2.37. The van der Waals surface area contributed by atoms with Crippen LogP contribution in [0.3, 0.4) is 0 Å². The van der Waals surface area contributed by atoms with Crippen LogP contribution in [0, 0.1) is 13.8 Å². The Kier molecular flexibility index (Phi) is 3.59. The molecule has 0 aliphatic carbocycles. The number of benzene rings is 2. The molecule has 0 aliphatic heterocycles. The van der Waals surface area contributed by atoms with Crippen molar-refractivity contribution >= 4 is 17.0 Å². The molecule has 0 saturated heterocycles. The summed E-state index contributed by atoms with van der Waals surface area (Å²) < 4.78 is 4.73. The van der Waals surface area contributed by atoms with Crippen molar-refractivity contribution in [2.24, 2.45) is 0 Å². The molecule has 0 fully saturated rings. The van der Waals surface area contributed by atoms with Crippen LogP contribution in [0.1, 0.15) is 21.6 Å². The molecule has 0 unspecified atom stereocenters. The Bertz CT molecular complexity index is 855. The maximum Gasteiger partial charge on any atom is 0.337 e. The molecule has 3 aromatic rings. The number of hydrogen-bond acceptors (Lipinski definition) is 4. The minimum absolute atomic E-state index is 0.371. The normalized spacial score (nSPS) is 10.7. The van der Waals surface area contributed by atoms with E-state index in [4.69, 9.17) is 4.74 Å². The second kappa shape index (κ2) is 5.56. The van der Waals surface area contributed by atoms with Crippen LogP contribution in [0.25, 0.3) is 22.3 Å². The first-order chi connectivity index (χ1) is 10.6. The Morgan fingerprint density at radius 2 is 1.68 bits per heavy atom. The van der Waals surface area contributed by atoms with Crippen LogP contribution in [-0.2, 0) is 4.74 Å². The summed E-state index contributed by atoms with van der Waals surface area (Å²) in [5.74, 6) is -0.371. The van der Waals surface area contributed by atoms with Gasteiger partial charge in [0, 0.05) is 5.56 Å². The monoisotopic (exact) mass is 292 g/mol. The Balaban J connectivity index is 2.13. The highest BCUT2D eigenvalue weighted by molar-refractivity contribution is 5.93. The predicted molar refractivity (Wildman–Crippen MR) is 85.8 cm³/mol. The molecular weight excluding hydrogens is 276 g/mol. The Hall–Kier alpha value is -2.75. The molecule has 0 atom stereocenters. The highest BCUT2D eigenvalue weighted by atomic mass is 16.5. The van der Waals surface area contributed by atoms with Crippen molar-refractivity contribution in [3.63, 3.8) is 0 Å². The van der Waals surface area contributed by atoms with E-state index in [2.05, 4.69) is 29.0 Å². The maximum atomic E-state index is 11.6. The molecule has 110 valence electrons. The van der Waals surface area contributed by atoms with Crippen LogP contribution in [-0.4, -0.2) is 23.0 Å². The third-order valence-electron chi connectivity index (χ3n) is 3.58. The van der Waals surface area contributed by atoms with Gasteiger partial charge in [-0.25, -0.2) is 14.8 Å². The van der Waals surface area contributed by atoms with E-state index >= 15 is 0 Å². The third-order valence-corrected chi connectivity index (χ3v) is 3.58. The summed E-state index contributed by atoms with van der Waals surface area (Å²) in [5, 5.41) is 0. The molecule has 22 heavy (non-hydrogen) atoms. The first kappa shape index (κ1) is 14.2. The van der Waals surface area contributed by atoms with Crippen molar-refractivity contribution in [1.29, 1.82) is 0 Å². The van der Waals surface area contributed by atoms with Crippen molar-refractivity contribution in [3.8, 4) is 11.3 Å². The number of methoxy groups -OCH3 is 1. The molecule has 2 aromatic carbocycles. The lowest BCUT2D eigenvalue weighted by Crippen LogP contribution is -2.02. The van der Waals surface area contributed by atoms with E-state index < -0.39 is 0 Å². The van der Waals surface area contributed by atoms with Gasteiger partial charge in [-0.15, -0.1) is 0 Å². The van der Waals surface area contributed by atoms with Gasteiger partial charge in [-0.05, 0) is 32.0 Å². The van der Waals surface area contributed by atoms with Crippen molar-refractivity contribution in [2.45, 2.75) is 13.8 Å². The highest BCUT2D eigenvalue weighted by Crippen LogP contribution is 2.23. The van der Waals surface area contributed by atoms with Gasteiger partial charge in [-0.2, -0.15) is 0 Å². The minimum atomic E-state index is -0.371. The summed E-state index contributed by atoms with van der Waals surface area (Å²) in [4.78, 5) is 20.9. The summed E-state index contributed by atoms with van der Waals surface area (Å²) in [5.41, 5.74) is 5.86. The number of aromatic nitrogens is 2. The van der Waals surface area contributed by atoms with Crippen LogP contribution in [0.15, 0.2) is 42.5 Å². The topological polar surface area (TPSA) is 52.1 Å². The number of carbonyl (C=O) groups excluding carboxylic acids is 1. The number of carbonyl (C=O) groups is 1. The molecule has 0 N–H and O–H groups in total. The Morgan fingerprint density at radius 3 is 2.36 bits per heavy atom. The van der Waals surface area contributed by atoms with Gasteiger partial charge in [0.05, 0.1) is 35.1 Å². The fraction of sp³-hybridized carbons (Fsp3) is 0.167. The van der Waals surface area contributed by atoms with E-state index in [0.29, 0.717) is 11.1 Å². The van der Waals surface area contributed by atoms with Crippen LogP contribution in [0.5, 0.6) is 0 Å². The Labute approximate surface area is 128 Å². The number of nitrogens with zero attached hydrogens (tertiary/aromatic N) is 2. The molecule has 4 nitrogen and oxygen atoms in total. The van der Waals surface area contributed by atoms with E-state index in [1.54, 1.807) is 18.2 Å². The molecule has 3 rings (SSSR count). The zero-order valence-corrected chi connectivity index (χ0v) is 12.8. The average molecular weight is 292 g/mol. The minimum Gasteiger partial charge on any atom is -0.465 e. The lowest BCUT2D eigenvalue weighted by molar-refractivity contribution is 0.0601. The fourth-order valence-electron chi connectivity index (χ4n) is 2.37. The van der Waals surface area contributed by atoms with Crippen LogP contribution >= 0.6 is 0 Å². The average Bonchev–Trinajstić information content (AvgIpc) is 2.54. The summed E-state index contributed by atoms with van der Waals surface area (Å²) >= 11 is 0. The number of ether oxygens (including phenoxy) is 1. The van der Waals surface area contributed by atoms with Crippen LogP contribution in [0.4, 0.5) is 0 Å². The van der Waals surface area contributed by atoms with Gasteiger partial charge in [0.25, 0.3) is 0 Å². The van der Waals surface area contributed by atoms with Gasteiger partial charge in [0.15, 0.2) is 0 Å². The second-order valence-electron chi connectivity index (χ2n) is 5.22. The van der Waals surface area contributed by atoms with E-state index in [9.17, 15) is 4.79 Å². The lowest BCUT2D eigenvalue weighted by atomic mass is 10.1. The standard InChI is InChI=1S/C18H16N2O2/c1-11-4-6-13(7-5-11)17-12(2)19-16-10-14(18(21)22-3)8-9-15(16)20-17/h4-10H,1-3H3. The summed E-state index contributed by atoms with van der Waals surface area (Å²) in [6.45, 7) is 3.98. The van der Waals surface area contributed by atoms with Gasteiger partial charge in [-0.1, -0.05) is 29.8 Å². The van der Waals surface area contributed by atoms with Gasteiger partial charge in [-0.3, -0.25) is 0 Å². The van der Waals surface area contributed by atoms with E-state index in [-0.39, 0.29) is 5.97 Å². The van der Waals surface area contributed by atoms with Crippen molar-refractivity contribution < 1.29 is 9.53 Å². The molecule has 1 heterocycles. The summed E-state index contributed by atoms with van der Waals surface area (Å²) in [6.07, 6.45) is 0. The van der Waals surface area contributed by atoms with Gasteiger partial charge >= 0.3 is 5.97 Å². The SMILES string of the molecule is COC(=O)c1ccc2nc(-c3ccc(C)cc3)c(C)nc2c1. The number of fused-ring (bicyclic) bond motifs is 1. The van der Waals surface area contributed by atoms with E-state index in [1.807, 2.05) is 19.1 Å². The highest BCUT2D eigenvalue weighted by Gasteiger charge is 2.11. The molecule has 0 bridgehead atoms. The molecule has 0 spiro atoms. The van der Waals surface area contributed by atoms with Crippen molar-refractivity contribution in [1.82, 2.24) is 9.97 Å². The smallest absolute Gasteiger partial charge is 0.337 e. The predicted octanol–water partition coefficient (Wildman–Crippen LogP) is 3.70. The lowest BCUT2D eigenvalue weighted by Gasteiger charge is -2.08.